The van der Waals surface area contributed by atoms with Crippen LogP contribution in [0.2, 0.25) is 0 Å². The Hall–Kier alpha value is -3.59. The number of nitro groups is 1. The van der Waals surface area contributed by atoms with Gasteiger partial charge < -0.3 is 8.97 Å². The predicted molar refractivity (Wildman–Crippen MR) is 104 cm³/mol. The van der Waals surface area contributed by atoms with Crippen molar-refractivity contribution in [2.24, 2.45) is 7.05 Å². The van der Waals surface area contributed by atoms with Crippen LogP contribution in [0.5, 0.6) is 0 Å². The Morgan fingerprint density at radius 1 is 1.20 bits per heavy atom. The van der Waals surface area contributed by atoms with Crippen molar-refractivity contribution < 1.29 is 31.1 Å². The lowest BCUT2D eigenvalue weighted by Crippen LogP contribution is -2.37. The maximum Gasteiger partial charge on any atom is 0.353 e. The van der Waals surface area contributed by atoms with Crippen LogP contribution in [-0.2, 0) is 21.6 Å². The minimum Gasteiger partial charge on any atom is -0.726 e. The summed E-state index contributed by atoms with van der Waals surface area (Å²) in [5.41, 5.74) is 2.07. The van der Waals surface area contributed by atoms with Crippen molar-refractivity contribution in [2.45, 2.75) is 6.92 Å². The van der Waals surface area contributed by atoms with Gasteiger partial charge in [0.2, 0.25) is 10.4 Å². The first-order chi connectivity index (χ1) is 14.1. The lowest BCUT2D eigenvalue weighted by molar-refractivity contribution is -0.669. The number of benzene rings is 1. The van der Waals surface area contributed by atoms with Crippen LogP contribution in [0.1, 0.15) is 11.3 Å². The van der Waals surface area contributed by atoms with Crippen LogP contribution >= 0.6 is 0 Å². The largest absolute Gasteiger partial charge is 0.726 e. The second-order valence-corrected chi connectivity index (χ2v) is 7.03. The normalized spacial score (nSPS) is 10.6. The number of nitrogens with zero attached hydrogens (tertiary/aromatic N) is 3. The van der Waals surface area contributed by atoms with Gasteiger partial charge >= 0.3 is 5.69 Å². The highest BCUT2D eigenvalue weighted by Gasteiger charge is 2.37. The summed E-state index contributed by atoms with van der Waals surface area (Å²) in [6.07, 6.45) is 1.44. The molecule has 3 aromatic rings. The maximum atomic E-state index is 11.9. The molecule has 2 aromatic heterocycles. The summed E-state index contributed by atoms with van der Waals surface area (Å²) < 4.78 is 38.1. The fourth-order valence-corrected chi connectivity index (χ4v) is 2.81. The number of nitriles is 1. The maximum absolute atomic E-state index is 11.9. The Morgan fingerprint density at radius 2 is 1.80 bits per heavy atom. The summed E-state index contributed by atoms with van der Waals surface area (Å²) >= 11 is 0. The van der Waals surface area contributed by atoms with E-state index in [1.54, 1.807) is 42.8 Å². The molecule has 0 aliphatic carbocycles. The third-order valence-electron chi connectivity index (χ3n) is 4.22. The van der Waals surface area contributed by atoms with Gasteiger partial charge in [0.15, 0.2) is 5.69 Å². The van der Waals surface area contributed by atoms with Crippen molar-refractivity contribution >= 4 is 16.1 Å². The monoisotopic (exact) mass is 431 g/mol. The standard InChI is InChI=1S/C18H14N3O3.CH4O4S/c1-12-14(11-19)16(15-9-6-10-24-15)18(21(22)23)17(20(12)2)13-7-4-3-5-8-13;1-5-6(2,3)4/h3-10H,1-2H3;1H3,(H,2,3,4)/q+1;/p-1. The molecule has 3 rings (SSSR count). The second kappa shape index (κ2) is 9.27. The van der Waals surface area contributed by atoms with Crippen molar-refractivity contribution in [1.82, 2.24) is 0 Å². The molecule has 0 N–H and O–H groups in total. The van der Waals surface area contributed by atoms with Crippen LogP contribution in [0.3, 0.4) is 0 Å². The topological polar surface area (TPSA) is 150 Å². The van der Waals surface area contributed by atoms with E-state index in [2.05, 4.69) is 10.3 Å². The molecule has 0 fully saturated rings. The molecule has 0 unspecified atom stereocenters. The Kier molecular flexibility index (Phi) is 7.01. The van der Waals surface area contributed by atoms with Gasteiger partial charge in [0, 0.05) is 6.92 Å². The van der Waals surface area contributed by atoms with Crippen LogP contribution in [0.15, 0.2) is 53.1 Å². The molecule has 0 saturated carbocycles. The molecule has 0 atom stereocenters. The zero-order valence-electron chi connectivity index (χ0n) is 16.2. The molecule has 0 saturated heterocycles. The summed E-state index contributed by atoms with van der Waals surface area (Å²) in [7, 11) is -1.88. The highest BCUT2D eigenvalue weighted by Crippen LogP contribution is 2.39. The van der Waals surface area contributed by atoms with Crippen molar-refractivity contribution in [2.75, 3.05) is 7.11 Å². The number of aromatic nitrogens is 1. The zero-order valence-corrected chi connectivity index (χ0v) is 17.0. The molecule has 1 aromatic carbocycles. The summed E-state index contributed by atoms with van der Waals surface area (Å²) in [6, 6.07) is 14.4. The van der Waals surface area contributed by atoms with E-state index < -0.39 is 15.3 Å². The molecule has 0 aliphatic rings. The fourth-order valence-electron chi connectivity index (χ4n) is 2.81. The van der Waals surface area contributed by atoms with Gasteiger partial charge in [-0.3, -0.25) is 14.3 Å². The molecule has 11 heteroatoms. The van der Waals surface area contributed by atoms with E-state index in [0.29, 0.717) is 22.7 Å². The van der Waals surface area contributed by atoms with Crippen LogP contribution in [0.4, 0.5) is 5.69 Å². The van der Waals surface area contributed by atoms with Gasteiger partial charge in [-0.15, -0.1) is 0 Å². The molecular formula is C19H17N3O7S. The molecular weight excluding hydrogens is 414 g/mol. The van der Waals surface area contributed by atoms with E-state index in [4.69, 9.17) is 4.42 Å². The highest BCUT2D eigenvalue weighted by molar-refractivity contribution is 7.80. The lowest BCUT2D eigenvalue weighted by Gasteiger charge is -2.09. The van der Waals surface area contributed by atoms with E-state index in [1.807, 2.05) is 18.2 Å². The number of furan rings is 1. The quantitative estimate of drug-likeness (QED) is 0.201. The molecule has 156 valence electrons. The first-order valence-electron chi connectivity index (χ1n) is 8.34. The van der Waals surface area contributed by atoms with Gasteiger partial charge in [-0.05, 0) is 24.3 Å². The van der Waals surface area contributed by atoms with Crippen LogP contribution in [0, 0.1) is 28.4 Å². The van der Waals surface area contributed by atoms with Crippen LogP contribution in [0.25, 0.3) is 22.6 Å². The molecule has 2 heterocycles. The van der Waals surface area contributed by atoms with Gasteiger partial charge in [0.05, 0.1) is 23.9 Å². The van der Waals surface area contributed by atoms with Gasteiger partial charge in [-0.2, -0.15) is 9.83 Å². The first-order valence-corrected chi connectivity index (χ1v) is 9.67. The van der Waals surface area contributed by atoms with Crippen molar-refractivity contribution in [3.05, 3.63) is 70.1 Å². The molecule has 0 aliphatic heterocycles. The molecule has 0 radical (unpaired) electrons. The van der Waals surface area contributed by atoms with Crippen molar-refractivity contribution in [3.8, 4) is 28.7 Å². The molecule has 10 nitrogen and oxygen atoms in total. The van der Waals surface area contributed by atoms with E-state index in [1.165, 1.54) is 6.26 Å². The average molecular weight is 431 g/mol. The minimum atomic E-state index is -4.41. The Balaban J connectivity index is 0.000000469. The Labute approximate surface area is 172 Å². The molecule has 0 spiro atoms. The van der Waals surface area contributed by atoms with Gasteiger partial charge in [-0.1, -0.05) is 18.2 Å². The SMILES string of the molecule is COS(=O)(=O)[O-].Cc1c(C#N)c(-c2ccco2)c([N+](=O)[O-])c(-c2ccccc2)[n+]1C. The number of hydrogen-bond donors (Lipinski definition) is 0. The third kappa shape index (κ3) is 4.87. The molecule has 30 heavy (non-hydrogen) atoms. The summed E-state index contributed by atoms with van der Waals surface area (Å²) in [5, 5.41) is 21.4. The summed E-state index contributed by atoms with van der Waals surface area (Å²) in [5.74, 6) is 0.305. The van der Waals surface area contributed by atoms with Crippen molar-refractivity contribution in [3.63, 3.8) is 0 Å². The zero-order chi connectivity index (χ0) is 22.5. The number of rotatable bonds is 4. The average Bonchev–Trinajstić information content (AvgIpc) is 3.24. The van der Waals surface area contributed by atoms with Gasteiger partial charge in [-0.25, -0.2) is 8.42 Å². The smallest absolute Gasteiger partial charge is 0.353 e. The van der Waals surface area contributed by atoms with E-state index in [9.17, 15) is 28.3 Å². The first kappa shape index (κ1) is 22.7. The second-order valence-electron chi connectivity index (χ2n) is 5.88. The van der Waals surface area contributed by atoms with Crippen molar-refractivity contribution in [1.29, 1.82) is 5.26 Å². The van der Waals surface area contributed by atoms with Gasteiger partial charge in [0.25, 0.3) is 5.69 Å². The van der Waals surface area contributed by atoms with Crippen LogP contribution in [-0.4, -0.2) is 25.0 Å². The highest BCUT2D eigenvalue weighted by atomic mass is 32.3. The third-order valence-corrected chi connectivity index (χ3v) is 4.63. The van der Waals surface area contributed by atoms with Gasteiger partial charge in [0.1, 0.15) is 30.0 Å². The Morgan fingerprint density at radius 3 is 2.23 bits per heavy atom. The predicted octanol–water partition coefficient (Wildman–Crippen LogP) is 2.62. The minimum absolute atomic E-state index is 0.138. The Bertz CT molecular complexity index is 1200. The van der Waals surface area contributed by atoms with E-state index in [0.717, 1.165) is 7.11 Å². The summed E-state index contributed by atoms with van der Waals surface area (Å²) in [4.78, 5) is 11.4. The molecule has 0 amide bonds. The lowest BCUT2D eigenvalue weighted by atomic mass is 9.97. The number of pyridine rings is 1. The summed E-state index contributed by atoms with van der Waals surface area (Å²) in [6.45, 7) is 1.77. The van der Waals surface area contributed by atoms with Crippen LogP contribution < -0.4 is 4.57 Å². The van der Waals surface area contributed by atoms with E-state index >= 15 is 0 Å². The van der Waals surface area contributed by atoms with E-state index in [-0.39, 0.29) is 16.8 Å². The number of hydrogen-bond acceptors (Lipinski definition) is 8. The molecule has 0 bridgehead atoms. The fraction of sp³-hybridized carbons (Fsp3) is 0.158.